The highest BCUT2D eigenvalue weighted by atomic mass is 28.4. The standard InChI is InChI=1S/C44H71NO7Si2/c1-31(29-49-30-33-19-15-13-16-20-33)23-25-37(46)36(41(47)45-32(2)40(50-42(45)48)35-21-17-14-18-22-35)27-34-24-26-38(51-53(9,10)43(3,4)5)39(28-34)52-54(11,12)44(6,7)8/h13-22,31-32,34,36-40,46H,23-30H2,1-12H3/t31-,32+,34-,36+,37-,38+,39+,40+/m0/s1. The third-order valence-electron chi connectivity index (χ3n) is 12.8. The maximum absolute atomic E-state index is 14.6. The van der Waals surface area contributed by atoms with Crippen molar-refractivity contribution in [2.24, 2.45) is 17.8 Å². The van der Waals surface area contributed by atoms with E-state index >= 15 is 0 Å². The Morgan fingerprint density at radius 2 is 1.43 bits per heavy atom. The fourth-order valence-electron chi connectivity index (χ4n) is 7.27. The molecular weight excluding hydrogens is 711 g/mol. The normalized spacial score (nSPS) is 24.6. The fourth-order valence-corrected chi connectivity index (χ4v) is 10.0. The lowest BCUT2D eigenvalue weighted by molar-refractivity contribution is -0.138. The monoisotopic (exact) mass is 781 g/mol. The van der Waals surface area contributed by atoms with Gasteiger partial charge in [0, 0.05) is 6.61 Å². The van der Waals surface area contributed by atoms with Crippen LogP contribution in [0.5, 0.6) is 0 Å². The second kappa shape index (κ2) is 18.3. The molecule has 8 atom stereocenters. The Morgan fingerprint density at radius 1 is 0.870 bits per heavy atom. The number of hydrogen-bond donors (Lipinski definition) is 1. The summed E-state index contributed by atoms with van der Waals surface area (Å²) in [5.41, 5.74) is 1.97. The number of carbonyl (C=O) groups excluding carboxylic acids is 2. The first-order valence-electron chi connectivity index (χ1n) is 20.3. The lowest BCUT2D eigenvalue weighted by Crippen LogP contribution is -2.54. The number of nitrogens with zero attached hydrogens (tertiary/aromatic N) is 1. The third-order valence-corrected chi connectivity index (χ3v) is 21.8. The van der Waals surface area contributed by atoms with Gasteiger partial charge in [0.25, 0.3) is 0 Å². The maximum atomic E-state index is 14.6. The van der Waals surface area contributed by atoms with E-state index in [0.29, 0.717) is 32.5 Å². The summed E-state index contributed by atoms with van der Waals surface area (Å²) in [4.78, 5) is 29.4. The SMILES string of the molecule is C[C@@H](CC[C@H](O)[C@@H](C[C@@H]1CC[C@@H](O[Si](C)(C)C(C)(C)C)[C@H](O[Si](C)(C)C(C)(C)C)C1)C(=O)N1C(=O)O[C@@H](c2ccccc2)[C@H]1C)COCc1ccccc1. The van der Waals surface area contributed by atoms with Crippen LogP contribution >= 0.6 is 0 Å². The molecule has 0 unspecified atom stereocenters. The highest BCUT2D eigenvalue weighted by Gasteiger charge is 2.49. The van der Waals surface area contributed by atoms with Gasteiger partial charge in [0.2, 0.25) is 5.91 Å². The number of imide groups is 1. The average Bonchev–Trinajstić information content (AvgIpc) is 3.39. The van der Waals surface area contributed by atoms with E-state index in [1.54, 1.807) is 0 Å². The molecule has 0 aromatic heterocycles. The van der Waals surface area contributed by atoms with E-state index in [9.17, 15) is 14.7 Å². The zero-order valence-corrected chi connectivity index (χ0v) is 37.4. The minimum absolute atomic E-state index is 0.0210. The van der Waals surface area contributed by atoms with Crippen molar-refractivity contribution in [1.29, 1.82) is 0 Å². The number of rotatable bonds is 16. The number of amides is 2. The molecule has 2 aromatic rings. The quantitative estimate of drug-likeness (QED) is 0.169. The zero-order valence-electron chi connectivity index (χ0n) is 35.4. The van der Waals surface area contributed by atoms with E-state index in [2.05, 4.69) is 74.7 Å². The van der Waals surface area contributed by atoms with E-state index < -0.39 is 46.9 Å². The minimum atomic E-state index is -2.17. The summed E-state index contributed by atoms with van der Waals surface area (Å²) in [7, 11) is -4.26. The van der Waals surface area contributed by atoms with Gasteiger partial charge in [-0.05, 0) is 105 Å². The Hall–Kier alpha value is -2.35. The first kappa shape index (κ1) is 44.4. The Bertz CT molecular complexity index is 1490. The summed E-state index contributed by atoms with van der Waals surface area (Å²) >= 11 is 0. The molecule has 8 nitrogen and oxygen atoms in total. The molecular formula is C44H71NO7Si2. The topological polar surface area (TPSA) is 94.5 Å². The Balaban J connectivity index is 1.55. The van der Waals surface area contributed by atoms with Gasteiger partial charge in [-0.15, -0.1) is 0 Å². The Labute approximate surface area is 328 Å². The number of aliphatic hydroxyl groups excluding tert-OH is 1. The van der Waals surface area contributed by atoms with Crippen LogP contribution in [0.4, 0.5) is 4.79 Å². The van der Waals surface area contributed by atoms with Gasteiger partial charge in [-0.2, -0.15) is 0 Å². The first-order chi connectivity index (χ1) is 25.1. The van der Waals surface area contributed by atoms with Gasteiger partial charge in [0.15, 0.2) is 16.6 Å². The van der Waals surface area contributed by atoms with Crippen LogP contribution in [0, 0.1) is 17.8 Å². The molecule has 0 radical (unpaired) electrons. The molecule has 1 aliphatic heterocycles. The predicted molar refractivity (Wildman–Crippen MR) is 222 cm³/mol. The molecule has 2 fully saturated rings. The highest BCUT2D eigenvalue weighted by molar-refractivity contribution is 6.74. The molecule has 1 saturated carbocycles. The lowest BCUT2D eigenvalue weighted by Gasteiger charge is -2.48. The van der Waals surface area contributed by atoms with Crippen molar-refractivity contribution in [3.05, 3.63) is 71.8 Å². The number of carbonyl (C=O) groups is 2. The van der Waals surface area contributed by atoms with Crippen molar-refractivity contribution >= 4 is 28.6 Å². The van der Waals surface area contributed by atoms with Crippen LogP contribution in [0.15, 0.2) is 60.7 Å². The van der Waals surface area contributed by atoms with Crippen molar-refractivity contribution < 1.29 is 33.0 Å². The van der Waals surface area contributed by atoms with Gasteiger partial charge in [0.05, 0.1) is 36.9 Å². The molecule has 0 spiro atoms. The second-order valence-electron chi connectivity index (χ2n) is 19.3. The summed E-state index contributed by atoms with van der Waals surface area (Å²) in [6, 6.07) is 19.2. The van der Waals surface area contributed by atoms with Crippen LogP contribution in [0.1, 0.15) is 111 Å². The van der Waals surface area contributed by atoms with Gasteiger partial charge in [-0.3, -0.25) is 4.79 Å². The molecule has 0 bridgehead atoms. The van der Waals surface area contributed by atoms with Crippen molar-refractivity contribution in [3.63, 3.8) is 0 Å². The van der Waals surface area contributed by atoms with Gasteiger partial charge < -0.3 is 23.4 Å². The smallest absolute Gasteiger partial charge is 0.417 e. The minimum Gasteiger partial charge on any atom is -0.439 e. The van der Waals surface area contributed by atoms with E-state index in [4.69, 9.17) is 18.3 Å². The highest BCUT2D eigenvalue weighted by Crippen LogP contribution is 2.45. The summed E-state index contributed by atoms with van der Waals surface area (Å²) in [6.45, 7) is 27.9. The van der Waals surface area contributed by atoms with Crippen LogP contribution < -0.4 is 0 Å². The van der Waals surface area contributed by atoms with E-state index in [1.807, 2.05) is 67.6 Å². The number of aliphatic hydroxyl groups is 1. The summed E-state index contributed by atoms with van der Waals surface area (Å²) in [5, 5.41) is 12.0. The number of hydrogen-bond acceptors (Lipinski definition) is 7. The molecule has 2 aromatic carbocycles. The van der Waals surface area contributed by atoms with E-state index in [0.717, 1.165) is 30.4 Å². The second-order valence-corrected chi connectivity index (χ2v) is 28.8. The van der Waals surface area contributed by atoms with Crippen molar-refractivity contribution in [1.82, 2.24) is 4.90 Å². The molecule has 1 heterocycles. The van der Waals surface area contributed by atoms with E-state index in [1.165, 1.54) is 4.90 Å². The number of ether oxygens (including phenoxy) is 2. The van der Waals surface area contributed by atoms with Gasteiger partial charge in [-0.25, -0.2) is 9.69 Å². The molecule has 10 heteroatoms. The molecule has 2 aliphatic rings. The van der Waals surface area contributed by atoms with Crippen LogP contribution in [0.25, 0.3) is 0 Å². The number of cyclic esters (lactones) is 1. The van der Waals surface area contributed by atoms with Crippen LogP contribution in [-0.4, -0.2) is 69.6 Å². The predicted octanol–water partition coefficient (Wildman–Crippen LogP) is 10.7. The van der Waals surface area contributed by atoms with E-state index in [-0.39, 0.29) is 40.0 Å². The summed E-state index contributed by atoms with van der Waals surface area (Å²) in [6.07, 6.45) is 1.78. The van der Waals surface area contributed by atoms with Gasteiger partial charge in [0.1, 0.15) is 6.10 Å². The fraction of sp³-hybridized carbons (Fsp3) is 0.682. The molecule has 1 aliphatic carbocycles. The van der Waals surface area contributed by atoms with Gasteiger partial charge >= 0.3 is 6.09 Å². The lowest BCUT2D eigenvalue weighted by atomic mass is 9.77. The van der Waals surface area contributed by atoms with Gasteiger partial charge in [-0.1, -0.05) is 109 Å². The molecule has 1 N–H and O–H groups in total. The van der Waals surface area contributed by atoms with Crippen LogP contribution in [0.2, 0.25) is 36.3 Å². The largest absolute Gasteiger partial charge is 0.439 e. The zero-order chi connectivity index (χ0) is 40.1. The van der Waals surface area contributed by atoms with Crippen molar-refractivity contribution in [2.45, 2.75) is 167 Å². The summed E-state index contributed by atoms with van der Waals surface area (Å²) in [5.74, 6) is -0.813. The molecule has 4 rings (SSSR count). The molecule has 1 saturated heterocycles. The first-order valence-corrected chi connectivity index (χ1v) is 26.2. The molecule has 302 valence electrons. The van der Waals surface area contributed by atoms with Crippen molar-refractivity contribution in [3.8, 4) is 0 Å². The average molecular weight is 782 g/mol. The van der Waals surface area contributed by atoms with Crippen molar-refractivity contribution in [2.75, 3.05) is 6.61 Å². The van der Waals surface area contributed by atoms with Crippen LogP contribution in [-0.2, 0) is 29.7 Å². The molecule has 2 amide bonds. The Kier molecular flexibility index (Phi) is 15.0. The Morgan fingerprint density at radius 3 is 2.00 bits per heavy atom. The number of benzene rings is 2. The third kappa shape index (κ3) is 11.4. The maximum Gasteiger partial charge on any atom is 0.417 e. The molecule has 54 heavy (non-hydrogen) atoms. The summed E-state index contributed by atoms with van der Waals surface area (Å²) < 4.78 is 26.1. The van der Waals surface area contributed by atoms with Crippen LogP contribution in [0.3, 0.4) is 0 Å².